The van der Waals surface area contributed by atoms with Gasteiger partial charge in [-0.05, 0) is 5.56 Å². The minimum Gasteiger partial charge on any atom is -0.731 e. The number of methoxy groups -OCH3 is 1. The number of ether oxygens (including phenoxy) is 2. The molecule has 1 aliphatic heterocycles. The third-order valence-corrected chi connectivity index (χ3v) is 5.21. The molecule has 2 rings (SSSR count). The zero-order valence-electron chi connectivity index (χ0n) is 17.6. The number of alkyl carbamates (subject to hydrolysis) is 1. The third kappa shape index (κ3) is 6.88. The van der Waals surface area contributed by atoms with E-state index in [1.165, 1.54) is 7.05 Å². The van der Waals surface area contributed by atoms with Gasteiger partial charge in [0, 0.05) is 14.2 Å². The van der Waals surface area contributed by atoms with Gasteiger partial charge in [-0.3, -0.25) is 14.4 Å². The Bertz CT molecular complexity index is 960. The number of carbonyl (C=O) groups is 4. The van der Waals surface area contributed by atoms with Crippen LogP contribution in [0.25, 0.3) is 0 Å². The molecule has 0 bridgehead atoms. The molecule has 0 saturated carbocycles. The van der Waals surface area contributed by atoms with E-state index >= 15 is 0 Å². The number of carbonyl (C=O) groups excluding carboxylic acids is 4. The fraction of sp³-hybridized carbons (Fsp3) is 0.412. The molecule has 1 aromatic rings. The molecular weight excluding hydrogens is 459 g/mol. The molecule has 13 nitrogen and oxygen atoms in total. The molecule has 4 amide bonds. The summed E-state index contributed by atoms with van der Waals surface area (Å²) in [5.74, 6) is -2.94. The fourth-order valence-electron chi connectivity index (χ4n) is 2.62. The molecule has 0 spiro atoms. The number of nitrogens with zero attached hydrogens (tertiary/aromatic N) is 1. The molecule has 0 aliphatic carbocycles. The van der Waals surface area contributed by atoms with Crippen LogP contribution in [-0.4, -0.2) is 73.6 Å². The predicted molar refractivity (Wildman–Crippen MR) is 102 cm³/mol. The summed E-state index contributed by atoms with van der Waals surface area (Å²) in [4.78, 5) is 48.6. The van der Waals surface area contributed by atoms with Gasteiger partial charge in [-0.1, -0.05) is 30.3 Å². The number of hydrogen-bond donors (Lipinski definition) is 3. The molecule has 1 fully saturated rings. The van der Waals surface area contributed by atoms with E-state index in [1.807, 2.05) is 0 Å². The second kappa shape index (κ2) is 11.6. The number of rotatable bonds is 9. The maximum atomic E-state index is 12.6. The Labute approximate surface area is 206 Å². The van der Waals surface area contributed by atoms with Crippen LogP contribution in [0.15, 0.2) is 30.3 Å². The van der Waals surface area contributed by atoms with Crippen molar-refractivity contribution in [2.75, 3.05) is 20.7 Å². The van der Waals surface area contributed by atoms with Crippen molar-refractivity contribution in [3.05, 3.63) is 35.9 Å². The van der Waals surface area contributed by atoms with Crippen molar-refractivity contribution in [2.24, 2.45) is 0 Å². The van der Waals surface area contributed by atoms with Crippen molar-refractivity contribution >= 4 is 34.1 Å². The Balaban J connectivity index is 0.00000512. The summed E-state index contributed by atoms with van der Waals surface area (Å²) in [7, 11) is -2.75. The molecule has 1 aliphatic rings. The number of β-lactam (4-membered cyclic amide) rings is 1. The standard InChI is InChI=1S/C17H22N4O9S.Na/c1-18-13(22)8-12(19-16(25)30-9-11-6-4-3-5-7-11)14(23)20-17(29-2)10-21(15(17)24)31(26,27)28;/h3-7,12H,8-10H2,1-2H3,(H,18,22)(H,19,25)(H,20,23)(H,26,27,28);/q;+1/p-1. The van der Waals surface area contributed by atoms with Crippen molar-refractivity contribution < 1.29 is 71.2 Å². The fourth-order valence-corrected chi connectivity index (χ4v) is 3.31. The van der Waals surface area contributed by atoms with E-state index < -0.39 is 58.9 Å². The average Bonchev–Trinajstić information content (AvgIpc) is 2.73. The van der Waals surface area contributed by atoms with Crippen LogP contribution in [0.1, 0.15) is 12.0 Å². The van der Waals surface area contributed by atoms with Crippen LogP contribution in [0.2, 0.25) is 0 Å². The quantitative estimate of drug-likeness (QED) is 0.135. The van der Waals surface area contributed by atoms with Crippen LogP contribution in [0, 0.1) is 0 Å². The van der Waals surface area contributed by atoms with E-state index in [1.54, 1.807) is 30.3 Å². The first-order valence-corrected chi connectivity index (χ1v) is 10.2. The van der Waals surface area contributed by atoms with Crippen molar-refractivity contribution in [1.29, 1.82) is 0 Å². The summed E-state index contributed by atoms with van der Waals surface area (Å²) in [6, 6.07) is 7.19. The molecule has 1 heterocycles. The number of benzene rings is 1. The van der Waals surface area contributed by atoms with E-state index in [0.717, 1.165) is 7.11 Å². The average molecular weight is 480 g/mol. The molecule has 0 radical (unpaired) electrons. The molecule has 2 atom stereocenters. The molecule has 15 heteroatoms. The van der Waals surface area contributed by atoms with Gasteiger partial charge < -0.3 is 30.0 Å². The van der Waals surface area contributed by atoms with E-state index in [0.29, 0.717) is 5.56 Å². The summed E-state index contributed by atoms with van der Waals surface area (Å²) in [5, 5.41) is 6.63. The Morgan fingerprint density at radius 3 is 2.38 bits per heavy atom. The van der Waals surface area contributed by atoms with Gasteiger partial charge in [0.05, 0.1) is 13.0 Å². The molecule has 3 N–H and O–H groups in total. The number of nitrogens with one attached hydrogen (secondary N) is 3. The molecule has 32 heavy (non-hydrogen) atoms. The summed E-state index contributed by atoms with van der Waals surface area (Å²) < 4.78 is 43.0. The SMILES string of the molecule is CNC(=O)CC(NC(=O)OCc1ccccc1)C(=O)NC1(OC)CN(S(=O)(=O)[O-])C1=O.[Na+]. The van der Waals surface area contributed by atoms with Crippen LogP contribution in [0.3, 0.4) is 0 Å². The molecule has 2 unspecified atom stereocenters. The van der Waals surface area contributed by atoms with Crippen LogP contribution in [0.4, 0.5) is 4.79 Å². The molecule has 1 saturated heterocycles. The van der Waals surface area contributed by atoms with Gasteiger partial charge in [-0.15, -0.1) is 0 Å². The van der Waals surface area contributed by atoms with Gasteiger partial charge in [0.15, 0.2) is 10.3 Å². The summed E-state index contributed by atoms with van der Waals surface area (Å²) >= 11 is 0. The van der Waals surface area contributed by atoms with Crippen LogP contribution in [0.5, 0.6) is 0 Å². The molecule has 1 aromatic carbocycles. The summed E-state index contributed by atoms with van der Waals surface area (Å²) in [6.07, 6.45) is -1.52. The summed E-state index contributed by atoms with van der Waals surface area (Å²) in [5.41, 5.74) is -1.44. The zero-order chi connectivity index (χ0) is 23.2. The monoisotopic (exact) mass is 480 g/mol. The first kappa shape index (κ1) is 27.8. The van der Waals surface area contributed by atoms with E-state index in [4.69, 9.17) is 9.47 Å². The topological polar surface area (TPSA) is 183 Å². The maximum Gasteiger partial charge on any atom is 1.00 e. The Kier molecular flexibility index (Phi) is 10.1. The first-order chi connectivity index (χ1) is 14.5. The van der Waals surface area contributed by atoms with Crippen molar-refractivity contribution in [1.82, 2.24) is 20.3 Å². The van der Waals surface area contributed by atoms with Gasteiger partial charge in [-0.2, -0.15) is 0 Å². The summed E-state index contributed by atoms with van der Waals surface area (Å²) in [6.45, 7) is -0.858. The number of hydrogen-bond acceptors (Lipinski definition) is 9. The molecule has 0 aromatic heterocycles. The Morgan fingerprint density at radius 2 is 1.88 bits per heavy atom. The smallest absolute Gasteiger partial charge is 0.731 e. The van der Waals surface area contributed by atoms with E-state index in [-0.39, 0.29) is 40.5 Å². The number of amides is 4. The van der Waals surface area contributed by atoms with Crippen LogP contribution in [-0.2, 0) is 40.8 Å². The zero-order valence-corrected chi connectivity index (χ0v) is 20.4. The first-order valence-electron chi connectivity index (χ1n) is 8.85. The van der Waals surface area contributed by atoms with Gasteiger partial charge in [0.2, 0.25) is 17.5 Å². The second-order valence-corrected chi connectivity index (χ2v) is 7.72. The van der Waals surface area contributed by atoms with Crippen molar-refractivity contribution in [2.45, 2.75) is 24.8 Å². The van der Waals surface area contributed by atoms with Crippen LogP contribution < -0.4 is 45.5 Å². The van der Waals surface area contributed by atoms with Crippen molar-refractivity contribution in [3.8, 4) is 0 Å². The second-order valence-electron chi connectivity index (χ2n) is 6.43. The third-order valence-electron chi connectivity index (χ3n) is 4.37. The van der Waals surface area contributed by atoms with E-state index in [2.05, 4.69) is 16.0 Å². The Hall–Kier alpha value is -2.23. The Morgan fingerprint density at radius 1 is 1.25 bits per heavy atom. The van der Waals surface area contributed by atoms with Crippen LogP contribution >= 0.6 is 0 Å². The largest absolute Gasteiger partial charge is 1.00 e. The minimum atomic E-state index is -5.08. The van der Waals surface area contributed by atoms with E-state index in [9.17, 15) is 32.1 Å². The maximum absolute atomic E-state index is 12.6. The van der Waals surface area contributed by atoms with Gasteiger partial charge >= 0.3 is 35.7 Å². The van der Waals surface area contributed by atoms with Gasteiger partial charge in [0.25, 0.3) is 5.91 Å². The molecule has 170 valence electrons. The predicted octanol–water partition coefficient (Wildman–Crippen LogP) is -4.82. The van der Waals surface area contributed by atoms with Crippen molar-refractivity contribution in [3.63, 3.8) is 0 Å². The molecular formula is C17H21N4NaO9S. The van der Waals surface area contributed by atoms with Gasteiger partial charge in [-0.25, -0.2) is 17.5 Å². The normalized spacial score (nSPS) is 18.5. The minimum absolute atomic E-state index is 0. The van der Waals surface area contributed by atoms with Gasteiger partial charge in [0.1, 0.15) is 12.6 Å².